The fraction of sp³-hybridized carbons (Fsp3) is 0.515. The zero-order valence-electron chi connectivity index (χ0n) is 76.2. The Balaban J connectivity index is 0.000000156. The molecule has 0 atom stereocenters. The maximum Gasteiger partial charge on any atom is 0.490 e. The second-order valence-corrected chi connectivity index (χ2v) is 50.8. The summed E-state index contributed by atoms with van der Waals surface area (Å²) in [6.07, 6.45) is 32.8. The monoisotopic (exact) mass is 2050 g/mol. The Hall–Kier alpha value is -5.64. The number of Topliss-reactive ketones (excluding diaryl/α,β-unsaturated/α-hetero) is 1. The molecule has 2 N–H and O–H groups in total. The summed E-state index contributed by atoms with van der Waals surface area (Å²) in [4.78, 5) is 14.6. The minimum Gasteiger partial charge on any atom is -0.400 e. The minimum atomic E-state index is -3.13. The van der Waals surface area contributed by atoms with E-state index in [9.17, 15) is 65.5 Å². The maximum absolute atomic E-state index is 11.5. The Morgan fingerprint density at radius 1 is 0.338 bits per heavy atom. The number of carbonyl (C=O) groups is 1. The van der Waals surface area contributed by atoms with Gasteiger partial charge in [-0.25, -0.2) is 50.5 Å². The SMILES string of the molecule is CC1(C)OB(C2=CCC3(CC2)OCCO3)OC1(C)C.CS(=O)(=O)c1ccc(Br)cc1.CS(=O)(=O)c1ccc(C2=CCC3(CC2)OCCO3)cc1.CS(=O)(=O)c1ccc(C2CCC(=O)CC2)cc1.CS(=O)(=O)c1ccc(C2CCC(O)CC2)cc1.CS(=O)(=O)c1ccc(C2CCC(O)CC2)cc1.CS(=O)(=O)c1ccc(C2CCC3(CC2)OCCO3)cc1.CSc1ccc(Br)cc1. The number of ketones is 1. The molecule has 7 aromatic rings. The molecule has 4 aliphatic heterocycles. The first-order valence-corrected chi connectivity index (χ1v) is 58.4. The average Bonchev–Trinajstić information content (AvgIpc) is 1.62. The summed E-state index contributed by atoms with van der Waals surface area (Å²) in [5, 5.41) is 18.9. The second-order valence-electron chi connectivity index (χ2n) is 36.0. The molecule has 4 heterocycles. The third kappa shape index (κ3) is 31.7. The molecule has 4 saturated carbocycles. The molecule has 6 aliphatic carbocycles. The van der Waals surface area contributed by atoms with Crippen LogP contribution in [0.4, 0.5) is 0 Å². The quantitative estimate of drug-likeness (QED) is 0.0800. The van der Waals surface area contributed by atoms with Gasteiger partial charge in [-0.1, -0.05) is 105 Å². The van der Waals surface area contributed by atoms with Crippen molar-refractivity contribution in [1.29, 1.82) is 0 Å². The summed E-state index contributed by atoms with van der Waals surface area (Å²) in [7, 11) is -18.8. The highest BCUT2D eigenvalue weighted by Crippen LogP contribution is 2.46. The Bertz CT molecular complexity index is 5520. The van der Waals surface area contributed by atoms with Crippen LogP contribution in [0.3, 0.4) is 0 Å². The fourth-order valence-electron chi connectivity index (χ4n) is 17.0. The van der Waals surface area contributed by atoms with Gasteiger partial charge in [0.25, 0.3) is 0 Å². The lowest BCUT2D eigenvalue weighted by Gasteiger charge is -2.35. The average molecular weight is 2060 g/mol. The molecule has 23 nitrogen and oxygen atoms in total. The van der Waals surface area contributed by atoms with E-state index in [1.54, 1.807) is 96.7 Å². The number of aliphatic hydroxyl groups excluding tert-OH is 2. The molecule has 4 saturated heterocycles. The Morgan fingerprint density at radius 3 is 0.908 bits per heavy atom. The summed E-state index contributed by atoms with van der Waals surface area (Å²) < 4.78 is 184. The van der Waals surface area contributed by atoms with Gasteiger partial charge in [-0.3, -0.25) is 4.79 Å². The van der Waals surface area contributed by atoms with Gasteiger partial charge in [0.2, 0.25) is 0 Å². The molecule has 10 aliphatic rings. The lowest BCUT2D eigenvalue weighted by Crippen LogP contribution is -2.41. The highest BCUT2D eigenvalue weighted by molar-refractivity contribution is 9.10. The van der Waals surface area contributed by atoms with Crippen molar-refractivity contribution in [2.75, 3.05) is 83.4 Å². The van der Waals surface area contributed by atoms with E-state index in [1.807, 2.05) is 72.8 Å². The van der Waals surface area contributed by atoms with Gasteiger partial charge in [0, 0.05) is 103 Å². The van der Waals surface area contributed by atoms with Crippen LogP contribution in [0.15, 0.2) is 231 Å². The molecule has 33 heteroatoms. The number of halogens is 2. The highest BCUT2D eigenvalue weighted by atomic mass is 79.9. The Morgan fingerprint density at radius 2 is 0.615 bits per heavy atom. The van der Waals surface area contributed by atoms with Crippen molar-refractivity contribution in [2.45, 2.75) is 268 Å². The molecule has 7 aromatic carbocycles. The van der Waals surface area contributed by atoms with E-state index < -0.39 is 64.8 Å². The molecule has 0 unspecified atom stereocenters. The summed E-state index contributed by atoms with van der Waals surface area (Å²) in [5.74, 6) is 1.04. The first-order chi connectivity index (χ1) is 61.0. The number of thioether (sulfide) groups is 1. The molecule has 0 aromatic heterocycles. The first kappa shape index (κ1) is 106. The van der Waals surface area contributed by atoms with E-state index in [-0.39, 0.29) is 42.1 Å². The number of allylic oxidation sites excluding steroid dienone is 2. The van der Waals surface area contributed by atoms with Gasteiger partial charge in [0.05, 0.1) is 92.4 Å². The van der Waals surface area contributed by atoms with Crippen molar-refractivity contribution < 1.29 is 103 Å². The van der Waals surface area contributed by atoms with Gasteiger partial charge in [-0.05, 0) is 296 Å². The molecule has 0 radical (unpaired) electrons. The van der Waals surface area contributed by atoms with Gasteiger partial charge < -0.3 is 47.9 Å². The topological polar surface area (TPSA) is 336 Å². The number of aliphatic hydroxyl groups is 2. The van der Waals surface area contributed by atoms with Crippen LogP contribution >= 0.6 is 43.6 Å². The predicted molar refractivity (Wildman–Crippen MR) is 517 cm³/mol. The molecule has 17 rings (SSSR count). The number of hydrogen-bond donors (Lipinski definition) is 2. The van der Waals surface area contributed by atoms with Crippen molar-refractivity contribution in [1.82, 2.24) is 0 Å². The van der Waals surface area contributed by atoms with Crippen molar-refractivity contribution in [2.24, 2.45) is 0 Å². The maximum atomic E-state index is 11.5. The molecule has 0 amide bonds. The summed E-state index contributed by atoms with van der Waals surface area (Å²) in [6, 6.07) is 50.6. The van der Waals surface area contributed by atoms with Crippen molar-refractivity contribution in [3.63, 3.8) is 0 Å². The summed E-state index contributed by atoms with van der Waals surface area (Å²) in [5.41, 5.74) is 7.72. The third-order valence-corrected chi connectivity index (χ3v) is 34.2. The van der Waals surface area contributed by atoms with Gasteiger partial charge >= 0.3 is 7.12 Å². The van der Waals surface area contributed by atoms with E-state index >= 15 is 0 Å². The predicted octanol–water partition coefficient (Wildman–Crippen LogP) is 18.9. The Labute approximate surface area is 793 Å². The number of rotatable bonds is 13. The van der Waals surface area contributed by atoms with Crippen LogP contribution in [0.2, 0.25) is 0 Å². The standard InChI is InChI=1S/C15H20O4S.C15H18O4S.C14H23BO4.2C13H18O3S.C13H16O3S.C7H7BrO2S.C7H7BrS/c2*1-20(16,17)14-4-2-12(3-5-14)13-6-8-15(9-7-13)18-10-11-19-15;1-12(2)13(3,4)19-15(18-12)11-5-7-14(8-6-11)16-9-10-17-14;3*1-17(15,16)13-8-4-11(5-9-13)10-2-6-12(14)7-3-10;1-11(9,10)7-4-2-6(8)3-5-7;1-9-7-4-2-6(8)3-5-7/h2-5,13H,6-11H2,1H3;2-6H,7-11H2,1H3;5H,6-10H2,1-4H3;2*4-5,8-10,12,14H,2-3,6-7H2,1H3;4-5,8-10H,2-3,6-7H2,1H3;2-5H,1H3;2-5H,1H3. The largest absolute Gasteiger partial charge is 0.490 e. The Kier molecular flexibility index (Phi) is 38.0. The van der Waals surface area contributed by atoms with Crippen LogP contribution < -0.4 is 0 Å². The van der Waals surface area contributed by atoms with Gasteiger partial charge in [0.15, 0.2) is 76.4 Å². The number of hydrogen-bond acceptors (Lipinski definition) is 24. The number of sulfone groups is 6. The van der Waals surface area contributed by atoms with Gasteiger partial charge in [-0.2, -0.15) is 0 Å². The fourth-order valence-corrected chi connectivity index (χ4v) is 21.7. The van der Waals surface area contributed by atoms with Crippen LogP contribution in [0, 0.1) is 0 Å². The summed E-state index contributed by atoms with van der Waals surface area (Å²) >= 11 is 8.34. The smallest absolute Gasteiger partial charge is 0.400 e. The van der Waals surface area contributed by atoms with Gasteiger partial charge in [0.1, 0.15) is 5.78 Å². The van der Waals surface area contributed by atoms with E-state index in [2.05, 4.69) is 90.1 Å². The third-order valence-electron chi connectivity index (χ3n) is 25.6. The lowest BCUT2D eigenvalue weighted by molar-refractivity contribution is -0.178. The van der Waals surface area contributed by atoms with Crippen LogP contribution in [0.25, 0.3) is 5.57 Å². The highest BCUT2D eigenvalue weighted by Gasteiger charge is 2.54. The van der Waals surface area contributed by atoms with Crippen LogP contribution in [-0.4, -0.2) is 198 Å². The number of benzene rings is 7. The van der Waals surface area contributed by atoms with Crippen LogP contribution in [0.1, 0.15) is 220 Å². The van der Waals surface area contributed by atoms with Crippen LogP contribution in [-0.2, 0) is 102 Å². The van der Waals surface area contributed by atoms with Crippen molar-refractivity contribution >= 4 is 121 Å². The van der Waals surface area contributed by atoms with E-state index in [1.165, 1.54) is 70.2 Å². The molecule has 130 heavy (non-hydrogen) atoms. The van der Waals surface area contributed by atoms with Crippen molar-refractivity contribution in [3.05, 3.63) is 224 Å². The van der Waals surface area contributed by atoms with E-state index in [4.69, 9.17) is 37.7 Å². The number of ether oxygens (including phenoxy) is 6. The molecule has 712 valence electrons. The summed E-state index contributed by atoms with van der Waals surface area (Å²) in [6.45, 7) is 12.5. The molecule has 0 bridgehead atoms. The second kappa shape index (κ2) is 46.5. The van der Waals surface area contributed by atoms with Gasteiger partial charge in [-0.15, -0.1) is 11.8 Å². The zero-order valence-corrected chi connectivity index (χ0v) is 85.1. The molecular formula is C97H127BBr2O23S7. The first-order valence-electron chi connectivity index (χ1n) is 44.2. The van der Waals surface area contributed by atoms with E-state index in [0.29, 0.717) is 111 Å². The minimum absolute atomic E-state index is 0.151. The molecular weight excluding hydrogens is 1930 g/mol. The van der Waals surface area contributed by atoms with Crippen molar-refractivity contribution in [3.8, 4) is 0 Å². The number of carbonyl (C=O) groups excluding carboxylic acids is 1. The molecule has 3 spiro atoms. The van der Waals surface area contributed by atoms with E-state index in [0.717, 1.165) is 148 Å². The normalized spacial score (nSPS) is 22.4. The van der Waals surface area contributed by atoms with Crippen LogP contribution in [0.5, 0.6) is 0 Å². The molecule has 8 fully saturated rings. The zero-order chi connectivity index (χ0) is 94.7. The lowest BCUT2D eigenvalue weighted by atomic mass is 9.71.